The van der Waals surface area contributed by atoms with Crippen LogP contribution in [-0.4, -0.2) is 56.9 Å². The minimum Gasteiger partial charge on any atom is -0.378 e. The van der Waals surface area contributed by atoms with Gasteiger partial charge >= 0.3 is 0 Å². The number of ether oxygens (including phenoxy) is 1. The van der Waals surface area contributed by atoms with Gasteiger partial charge in [0, 0.05) is 13.1 Å². The van der Waals surface area contributed by atoms with Crippen molar-refractivity contribution in [2.45, 2.75) is 11.9 Å². The first-order chi connectivity index (χ1) is 17.2. The number of hydrogen-bond donors (Lipinski definition) is 0. The van der Waals surface area contributed by atoms with Crippen molar-refractivity contribution in [3.8, 4) is 11.4 Å². The Kier molecular flexibility index (Phi) is 5.50. The largest absolute Gasteiger partial charge is 0.378 e. The predicted molar refractivity (Wildman–Crippen MR) is 139 cm³/mol. The molecule has 0 bridgehead atoms. The third kappa shape index (κ3) is 3.59. The maximum Gasteiger partial charge on any atom is 0.269 e. The van der Waals surface area contributed by atoms with Gasteiger partial charge in [0.2, 0.25) is 5.95 Å². The normalized spacial score (nSPS) is 14.2. The van der Waals surface area contributed by atoms with Crippen molar-refractivity contribution in [2.24, 2.45) is 0 Å². The zero-order valence-corrected chi connectivity index (χ0v) is 20.3. The highest BCUT2D eigenvalue weighted by Gasteiger charge is 2.25. The van der Waals surface area contributed by atoms with Crippen LogP contribution in [-0.2, 0) is 4.74 Å². The van der Waals surface area contributed by atoms with Crippen LogP contribution in [0.1, 0.15) is 5.69 Å². The number of fused-ring (bicyclic) bond motifs is 3. The molecule has 0 saturated carbocycles. The van der Waals surface area contributed by atoms with E-state index in [1.54, 1.807) is 4.57 Å². The van der Waals surface area contributed by atoms with Crippen molar-refractivity contribution < 1.29 is 4.74 Å². The van der Waals surface area contributed by atoms with Gasteiger partial charge in [0.15, 0.2) is 5.65 Å². The van der Waals surface area contributed by atoms with Crippen LogP contribution in [0, 0.1) is 6.92 Å². The Balaban J connectivity index is 1.73. The fourth-order valence-electron chi connectivity index (χ4n) is 4.61. The average Bonchev–Trinajstić information content (AvgIpc) is 3.28. The van der Waals surface area contributed by atoms with E-state index >= 15 is 0 Å². The fourth-order valence-corrected chi connectivity index (χ4v) is 5.16. The van der Waals surface area contributed by atoms with Crippen molar-refractivity contribution in [2.75, 3.05) is 37.5 Å². The number of para-hydroxylation sites is 2. The van der Waals surface area contributed by atoms with E-state index in [1.165, 1.54) is 11.8 Å². The summed E-state index contributed by atoms with van der Waals surface area (Å²) in [4.78, 5) is 26.3. The molecule has 3 aromatic heterocycles. The number of aromatic nitrogens is 5. The summed E-state index contributed by atoms with van der Waals surface area (Å²) in [7, 11) is 0. The number of anilines is 1. The number of nitrogens with zero attached hydrogens (tertiary/aromatic N) is 6. The minimum atomic E-state index is -0.130. The Morgan fingerprint density at radius 3 is 2.20 bits per heavy atom. The summed E-state index contributed by atoms with van der Waals surface area (Å²) in [5.41, 5.74) is 3.52. The van der Waals surface area contributed by atoms with Gasteiger partial charge in [0.05, 0.1) is 46.6 Å². The smallest absolute Gasteiger partial charge is 0.269 e. The first-order valence-electron chi connectivity index (χ1n) is 11.5. The van der Waals surface area contributed by atoms with Crippen LogP contribution in [0.5, 0.6) is 0 Å². The van der Waals surface area contributed by atoms with Gasteiger partial charge in [-0.1, -0.05) is 36.4 Å². The van der Waals surface area contributed by atoms with Crippen molar-refractivity contribution in [1.82, 2.24) is 24.3 Å². The number of rotatable bonds is 4. The molecule has 9 heteroatoms. The molecule has 1 saturated heterocycles. The van der Waals surface area contributed by atoms with Crippen molar-refractivity contribution in [1.29, 1.82) is 0 Å². The quantitative estimate of drug-likeness (QED) is 0.357. The molecule has 176 valence electrons. The van der Waals surface area contributed by atoms with Gasteiger partial charge in [-0.2, -0.15) is 5.10 Å². The van der Waals surface area contributed by atoms with E-state index in [0.717, 1.165) is 21.8 Å². The van der Waals surface area contributed by atoms with Gasteiger partial charge in [-0.05, 0) is 37.4 Å². The number of pyridine rings is 1. The fraction of sp³-hybridized carbons (Fsp3) is 0.231. The second kappa shape index (κ2) is 8.83. The molecule has 0 atom stereocenters. The standard InChI is InChI=1S/C26H24N6O2S/c1-17-20-22(21-23(27-17)32(29-24(21)35-2)19-11-7-4-8-12-19)28-26(30-13-15-34-16-14-30)31(25(20)33)18-9-5-3-6-10-18/h3-12H,13-16H2,1-2H3. The minimum absolute atomic E-state index is 0.130. The first kappa shape index (κ1) is 21.8. The Morgan fingerprint density at radius 2 is 1.54 bits per heavy atom. The highest BCUT2D eigenvalue weighted by molar-refractivity contribution is 7.98. The molecule has 8 nitrogen and oxygen atoms in total. The third-order valence-electron chi connectivity index (χ3n) is 6.27. The summed E-state index contributed by atoms with van der Waals surface area (Å²) in [6, 6.07) is 19.6. The molecule has 0 radical (unpaired) electrons. The summed E-state index contributed by atoms with van der Waals surface area (Å²) in [6.07, 6.45) is 1.98. The Labute approximate surface area is 206 Å². The molecule has 1 aliphatic heterocycles. The van der Waals surface area contributed by atoms with Gasteiger partial charge in [-0.3, -0.25) is 4.79 Å². The molecule has 1 fully saturated rings. The Hall–Kier alpha value is -3.69. The highest BCUT2D eigenvalue weighted by Crippen LogP contribution is 2.33. The van der Waals surface area contributed by atoms with E-state index in [9.17, 15) is 4.79 Å². The van der Waals surface area contributed by atoms with Crippen molar-refractivity contribution >= 4 is 39.6 Å². The maximum absolute atomic E-state index is 14.1. The molecular formula is C26H24N6O2S. The van der Waals surface area contributed by atoms with Crippen LogP contribution in [0.4, 0.5) is 5.95 Å². The lowest BCUT2D eigenvalue weighted by Gasteiger charge is -2.30. The summed E-state index contributed by atoms with van der Waals surface area (Å²) < 4.78 is 9.12. The zero-order chi connectivity index (χ0) is 23.9. The van der Waals surface area contributed by atoms with E-state index in [4.69, 9.17) is 19.8 Å². The van der Waals surface area contributed by atoms with E-state index in [1.807, 2.05) is 78.5 Å². The Morgan fingerprint density at radius 1 is 0.886 bits per heavy atom. The van der Waals surface area contributed by atoms with Gasteiger partial charge in [0.25, 0.3) is 5.56 Å². The molecule has 4 heterocycles. The lowest BCUT2D eigenvalue weighted by atomic mass is 10.2. The number of thioether (sulfide) groups is 1. The van der Waals surface area contributed by atoms with Gasteiger partial charge in [0.1, 0.15) is 5.03 Å². The predicted octanol–water partition coefficient (Wildman–Crippen LogP) is 3.99. The van der Waals surface area contributed by atoms with Gasteiger partial charge in [-0.25, -0.2) is 19.2 Å². The summed E-state index contributed by atoms with van der Waals surface area (Å²) in [5, 5.41) is 6.96. The van der Waals surface area contributed by atoms with Crippen LogP contribution in [0.3, 0.4) is 0 Å². The molecule has 0 amide bonds. The van der Waals surface area contributed by atoms with Crippen molar-refractivity contribution in [3.05, 3.63) is 76.7 Å². The van der Waals surface area contributed by atoms with Crippen LogP contribution < -0.4 is 10.5 Å². The molecule has 0 aliphatic carbocycles. The van der Waals surface area contributed by atoms with E-state index in [-0.39, 0.29) is 5.56 Å². The van der Waals surface area contributed by atoms with E-state index < -0.39 is 0 Å². The lowest BCUT2D eigenvalue weighted by molar-refractivity contribution is 0.122. The second-order valence-electron chi connectivity index (χ2n) is 8.36. The molecule has 35 heavy (non-hydrogen) atoms. The lowest BCUT2D eigenvalue weighted by Crippen LogP contribution is -2.40. The summed E-state index contributed by atoms with van der Waals surface area (Å²) in [5.74, 6) is 0.614. The summed E-state index contributed by atoms with van der Waals surface area (Å²) in [6.45, 7) is 4.38. The van der Waals surface area contributed by atoms with Gasteiger partial charge in [-0.15, -0.1) is 11.8 Å². The number of morpholine rings is 1. The van der Waals surface area contributed by atoms with Crippen LogP contribution in [0.2, 0.25) is 0 Å². The van der Waals surface area contributed by atoms with Crippen LogP contribution in [0.25, 0.3) is 33.3 Å². The monoisotopic (exact) mass is 484 g/mol. The third-order valence-corrected chi connectivity index (χ3v) is 6.94. The average molecular weight is 485 g/mol. The molecular weight excluding hydrogens is 460 g/mol. The number of hydrogen-bond acceptors (Lipinski definition) is 7. The van der Waals surface area contributed by atoms with Crippen LogP contribution in [0.15, 0.2) is 70.5 Å². The van der Waals surface area contributed by atoms with Crippen LogP contribution >= 0.6 is 11.8 Å². The van der Waals surface area contributed by atoms with Gasteiger partial charge < -0.3 is 9.64 Å². The second-order valence-corrected chi connectivity index (χ2v) is 9.16. The zero-order valence-electron chi connectivity index (χ0n) is 19.5. The molecule has 0 unspecified atom stereocenters. The Bertz CT molecular complexity index is 1590. The maximum atomic E-state index is 14.1. The highest BCUT2D eigenvalue weighted by atomic mass is 32.2. The molecule has 1 aliphatic rings. The van der Waals surface area contributed by atoms with Crippen molar-refractivity contribution in [3.63, 3.8) is 0 Å². The molecule has 0 N–H and O–H groups in total. The SMILES string of the molecule is CSc1nn(-c2ccccc2)c2nc(C)c3c(=O)n(-c4ccccc4)c(N4CCOCC4)nc3c12. The molecule has 6 rings (SSSR count). The topological polar surface area (TPSA) is 78.1 Å². The van der Waals surface area contributed by atoms with E-state index in [0.29, 0.717) is 54.5 Å². The number of benzene rings is 2. The molecule has 2 aromatic carbocycles. The summed E-state index contributed by atoms with van der Waals surface area (Å²) >= 11 is 1.53. The molecule has 0 spiro atoms. The first-order valence-corrected chi connectivity index (χ1v) is 12.7. The molecule has 5 aromatic rings. The number of aryl methyl sites for hydroxylation is 1. The van der Waals surface area contributed by atoms with E-state index in [2.05, 4.69) is 4.90 Å².